The van der Waals surface area contributed by atoms with Gasteiger partial charge in [0.15, 0.2) is 6.54 Å². The lowest BCUT2D eigenvalue weighted by molar-refractivity contribution is -0.392. The molecule has 8 heteroatoms. The van der Waals surface area contributed by atoms with E-state index in [1.165, 1.54) is 7.11 Å². The van der Waals surface area contributed by atoms with Gasteiger partial charge in [0.1, 0.15) is 12.8 Å². The van der Waals surface area contributed by atoms with Gasteiger partial charge >= 0.3 is 11.8 Å². The Balaban J connectivity index is 3.05. The van der Waals surface area contributed by atoms with Crippen LogP contribution in [0.5, 0.6) is 0 Å². The molecule has 8 nitrogen and oxygen atoms in total. The molecule has 0 radical (unpaired) electrons. The Hall–Kier alpha value is -1.96. The molecule has 1 heterocycles. The van der Waals surface area contributed by atoms with Crippen molar-refractivity contribution in [2.24, 2.45) is 0 Å². The summed E-state index contributed by atoms with van der Waals surface area (Å²) < 4.78 is 5.36. The molecule has 82 valence electrons. The van der Waals surface area contributed by atoms with E-state index < -0.39 is 17.5 Å². The van der Waals surface area contributed by atoms with Crippen LogP contribution in [-0.4, -0.2) is 32.7 Å². The molecule has 0 aliphatic carbocycles. The van der Waals surface area contributed by atoms with Crippen molar-refractivity contribution in [2.45, 2.75) is 13.2 Å². The second-order valence-electron chi connectivity index (χ2n) is 2.61. The first-order valence-electron chi connectivity index (χ1n) is 3.96. The third-order valence-corrected chi connectivity index (χ3v) is 1.76. The second kappa shape index (κ2) is 4.51. The Labute approximate surface area is 84.3 Å². The summed E-state index contributed by atoms with van der Waals surface area (Å²) in [6, 6.07) is 0. The summed E-state index contributed by atoms with van der Waals surface area (Å²) in [5.74, 6) is -0.956. The smallest absolute Gasteiger partial charge is 0.348 e. The molecule has 0 aliphatic heterocycles. The van der Waals surface area contributed by atoms with Crippen molar-refractivity contribution in [1.82, 2.24) is 9.55 Å². The number of methoxy groups -OCH3 is 1. The van der Waals surface area contributed by atoms with Crippen molar-refractivity contribution in [3.63, 3.8) is 0 Å². The van der Waals surface area contributed by atoms with Crippen molar-refractivity contribution < 1.29 is 19.6 Å². The van der Waals surface area contributed by atoms with Gasteiger partial charge in [0.2, 0.25) is 5.82 Å². The number of nitrogens with zero attached hydrogens (tertiary/aromatic N) is 3. The van der Waals surface area contributed by atoms with E-state index in [9.17, 15) is 14.9 Å². The molecule has 0 spiro atoms. The zero-order chi connectivity index (χ0) is 11.4. The van der Waals surface area contributed by atoms with Gasteiger partial charge in [-0.1, -0.05) is 0 Å². The molecule has 0 aromatic carbocycles. The first-order valence-corrected chi connectivity index (χ1v) is 3.96. The molecular weight excluding hydrogens is 206 g/mol. The molecular formula is C7H9N3O5. The summed E-state index contributed by atoms with van der Waals surface area (Å²) in [6.07, 6.45) is 0.981. The van der Waals surface area contributed by atoms with Gasteiger partial charge in [0.05, 0.1) is 7.11 Å². The number of imidazole rings is 1. The molecule has 0 atom stereocenters. The van der Waals surface area contributed by atoms with Crippen LogP contribution < -0.4 is 0 Å². The van der Waals surface area contributed by atoms with E-state index in [4.69, 9.17) is 5.11 Å². The molecule has 0 amide bonds. The van der Waals surface area contributed by atoms with Gasteiger partial charge < -0.3 is 20.0 Å². The molecule has 0 fully saturated rings. The van der Waals surface area contributed by atoms with Crippen LogP contribution in [-0.2, 0) is 22.7 Å². The van der Waals surface area contributed by atoms with E-state index in [1.807, 2.05) is 0 Å². The summed E-state index contributed by atoms with van der Waals surface area (Å²) >= 11 is 0. The number of aliphatic hydroxyl groups excluding tert-OH is 1. The Morgan fingerprint density at radius 2 is 2.47 bits per heavy atom. The molecule has 1 aromatic rings. The topological polar surface area (TPSA) is 107 Å². The Morgan fingerprint density at radius 3 is 2.93 bits per heavy atom. The minimum atomic E-state index is -0.685. The molecule has 15 heavy (non-hydrogen) atoms. The summed E-state index contributed by atoms with van der Waals surface area (Å²) in [5, 5.41) is 19.4. The molecule has 0 aliphatic rings. The van der Waals surface area contributed by atoms with E-state index in [2.05, 4.69) is 9.72 Å². The lowest BCUT2D eigenvalue weighted by Gasteiger charge is -2.01. The van der Waals surface area contributed by atoms with Crippen LogP contribution in [0.25, 0.3) is 0 Å². The lowest BCUT2D eigenvalue weighted by Crippen LogP contribution is -2.15. The number of rotatable bonds is 4. The molecule has 0 saturated carbocycles. The van der Waals surface area contributed by atoms with Crippen LogP contribution in [0.2, 0.25) is 0 Å². The largest absolute Gasteiger partial charge is 0.466 e. The van der Waals surface area contributed by atoms with E-state index >= 15 is 0 Å². The van der Waals surface area contributed by atoms with Crippen molar-refractivity contribution in [3.05, 3.63) is 22.1 Å². The van der Waals surface area contributed by atoms with Crippen LogP contribution in [0.3, 0.4) is 0 Å². The number of carbonyl (C=O) groups excluding carboxylic acids is 1. The number of ether oxygens (including phenoxy) is 1. The van der Waals surface area contributed by atoms with Crippen molar-refractivity contribution in [3.8, 4) is 0 Å². The Kier molecular flexibility index (Phi) is 3.34. The zero-order valence-corrected chi connectivity index (χ0v) is 7.91. The number of aromatic nitrogens is 2. The summed E-state index contributed by atoms with van der Waals surface area (Å²) in [4.78, 5) is 24.4. The van der Waals surface area contributed by atoms with E-state index in [1.54, 1.807) is 0 Å². The van der Waals surface area contributed by atoms with Crippen molar-refractivity contribution in [1.29, 1.82) is 0 Å². The summed E-state index contributed by atoms with van der Waals surface area (Å²) in [5.41, 5.74) is 0. The first-order chi connectivity index (χ1) is 7.10. The molecule has 1 aromatic heterocycles. The lowest BCUT2D eigenvalue weighted by atomic mass is 10.5. The van der Waals surface area contributed by atoms with Gasteiger partial charge in [-0.2, -0.15) is 4.57 Å². The van der Waals surface area contributed by atoms with Gasteiger partial charge in [0.25, 0.3) is 0 Å². The summed E-state index contributed by atoms with van der Waals surface area (Å²) in [7, 11) is 1.17. The van der Waals surface area contributed by atoms with Gasteiger partial charge in [-0.15, -0.1) is 0 Å². The maximum absolute atomic E-state index is 10.9. The van der Waals surface area contributed by atoms with Crippen LogP contribution in [0.4, 0.5) is 5.82 Å². The van der Waals surface area contributed by atoms with Crippen molar-refractivity contribution in [2.75, 3.05) is 7.11 Å². The normalized spacial score (nSPS) is 10.0. The van der Waals surface area contributed by atoms with Crippen LogP contribution in [0.1, 0.15) is 5.82 Å². The van der Waals surface area contributed by atoms with Gasteiger partial charge in [-0.3, -0.25) is 0 Å². The fraction of sp³-hybridized carbons (Fsp3) is 0.429. The van der Waals surface area contributed by atoms with Gasteiger partial charge in [-0.25, -0.2) is 9.78 Å². The Morgan fingerprint density at radius 1 is 1.80 bits per heavy atom. The third kappa shape index (κ3) is 2.29. The van der Waals surface area contributed by atoms with Gasteiger partial charge in [-0.05, 0) is 4.92 Å². The second-order valence-corrected chi connectivity index (χ2v) is 2.61. The van der Waals surface area contributed by atoms with Crippen LogP contribution in [0.15, 0.2) is 6.20 Å². The van der Waals surface area contributed by atoms with Crippen molar-refractivity contribution >= 4 is 11.8 Å². The van der Waals surface area contributed by atoms with E-state index in [0.29, 0.717) is 0 Å². The quantitative estimate of drug-likeness (QED) is 0.410. The molecule has 0 unspecified atom stereocenters. The fourth-order valence-electron chi connectivity index (χ4n) is 1.04. The van der Waals surface area contributed by atoms with E-state index in [-0.39, 0.29) is 18.2 Å². The number of nitro groups is 1. The number of hydrogen-bond acceptors (Lipinski definition) is 6. The molecule has 0 bridgehead atoms. The number of aliphatic hydroxyl groups is 1. The SMILES string of the molecule is COC(=O)Cn1c([N+](=O)[O-])cnc1CO. The van der Waals surface area contributed by atoms with Crippen LogP contribution in [0, 0.1) is 10.1 Å². The molecule has 0 saturated heterocycles. The summed E-state index contributed by atoms with van der Waals surface area (Å²) in [6.45, 7) is -0.826. The minimum absolute atomic E-state index is 0.0482. The maximum atomic E-state index is 10.9. The predicted octanol–water partition coefficient (Wildman–Crippen LogP) is -0.543. The minimum Gasteiger partial charge on any atom is -0.466 e. The monoisotopic (exact) mass is 215 g/mol. The fourth-order valence-corrected chi connectivity index (χ4v) is 1.04. The van der Waals surface area contributed by atoms with E-state index in [0.717, 1.165) is 10.8 Å². The highest BCUT2D eigenvalue weighted by Crippen LogP contribution is 2.14. The average Bonchev–Trinajstić information content (AvgIpc) is 2.60. The average molecular weight is 215 g/mol. The highest BCUT2D eigenvalue weighted by molar-refractivity contribution is 5.69. The maximum Gasteiger partial charge on any atom is 0.348 e. The number of hydrogen-bond donors (Lipinski definition) is 1. The number of carbonyl (C=O) groups is 1. The predicted molar refractivity (Wildman–Crippen MR) is 46.8 cm³/mol. The highest BCUT2D eigenvalue weighted by Gasteiger charge is 2.22. The standard InChI is InChI=1S/C7H9N3O5/c1-15-7(12)3-9-5(4-11)8-2-6(9)10(13)14/h2,11H,3-4H2,1H3. The zero-order valence-electron chi connectivity index (χ0n) is 7.91. The Bertz CT molecular complexity index is 386. The molecule has 1 rings (SSSR count). The first kappa shape index (κ1) is 11.1. The van der Waals surface area contributed by atoms with Gasteiger partial charge in [0, 0.05) is 0 Å². The molecule has 1 N–H and O–H groups in total. The van der Waals surface area contributed by atoms with Crippen LogP contribution >= 0.6 is 0 Å². The third-order valence-electron chi connectivity index (χ3n) is 1.76. The number of esters is 1. The highest BCUT2D eigenvalue weighted by atomic mass is 16.6.